The fourth-order valence-electron chi connectivity index (χ4n) is 2.31. The van der Waals surface area contributed by atoms with Crippen molar-refractivity contribution in [2.75, 3.05) is 6.61 Å². The first kappa shape index (κ1) is 12.5. The van der Waals surface area contributed by atoms with Crippen molar-refractivity contribution >= 4 is 5.97 Å². The number of esters is 1. The number of hydrogen-bond donors (Lipinski definition) is 0. The van der Waals surface area contributed by atoms with Crippen molar-refractivity contribution in [2.24, 2.45) is 5.41 Å². The Bertz CT molecular complexity index is 193. The zero-order valence-electron chi connectivity index (χ0n) is 10.2. The maximum absolute atomic E-state index is 11.6. The molecule has 0 aromatic carbocycles. The second kappa shape index (κ2) is 6.14. The summed E-state index contributed by atoms with van der Waals surface area (Å²) in [5, 5.41) is 0. The monoisotopic (exact) mass is 212 g/mol. The van der Waals surface area contributed by atoms with Gasteiger partial charge in [-0.05, 0) is 24.7 Å². The lowest BCUT2D eigenvalue weighted by molar-refractivity contribution is -0.146. The molecule has 0 unspecified atom stereocenters. The van der Waals surface area contributed by atoms with Crippen molar-refractivity contribution in [3.8, 4) is 0 Å². The molecule has 0 aromatic heterocycles. The summed E-state index contributed by atoms with van der Waals surface area (Å²) in [6.07, 6.45) is 8.97. The van der Waals surface area contributed by atoms with E-state index in [4.69, 9.17) is 4.74 Å². The van der Waals surface area contributed by atoms with Gasteiger partial charge in [0.15, 0.2) is 0 Å². The standard InChI is InChI=1S/C13H24O2/c1-3-4-10-15-12(14)11-13(2)8-6-5-7-9-13/h3-11H2,1-2H3. The van der Waals surface area contributed by atoms with E-state index in [1.54, 1.807) is 0 Å². The largest absolute Gasteiger partial charge is 0.466 e. The SMILES string of the molecule is CCCCOC(=O)CC1(C)CCCCC1. The van der Waals surface area contributed by atoms with Crippen LogP contribution >= 0.6 is 0 Å². The van der Waals surface area contributed by atoms with Gasteiger partial charge in [-0.3, -0.25) is 4.79 Å². The Morgan fingerprint density at radius 1 is 1.27 bits per heavy atom. The Morgan fingerprint density at radius 2 is 1.93 bits per heavy atom. The molecule has 0 aromatic rings. The van der Waals surface area contributed by atoms with Crippen LogP contribution in [0.4, 0.5) is 0 Å². The van der Waals surface area contributed by atoms with Gasteiger partial charge in [0.05, 0.1) is 13.0 Å². The van der Waals surface area contributed by atoms with E-state index in [0.717, 1.165) is 12.8 Å². The summed E-state index contributed by atoms with van der Waals surface area (Å²) in [5.41, 5.74) is 0.224. The highest BCUT2D eigenvalue weighted by molar-refractivity contribution is 5.70. The first-order valence-electron chi connectivity index (χ1n) is 6.32. The van der Waals surface area contributed by atoms with Gasteiger partial charge in [-0.15, -0.1) is 0 Å². The number of hydrogen-bond acceptors (Lipinski definition) is 2. The lowest BCUT2D eigenvalue weighted by Crippen LogP contribution is -2.25. The molecule has 0 bridgehead atoms. The molecule has 0 radical (unpaired) electrons. The topological polar surface area (TPSA) is 26.3 Å². The van der Waals surface area contributed by atoms with Crippen LogP contribution in [0.3, 0.4) is 0 Å². The molecule has 0 amide bonds. The second-order valence-corrected chi connectivity index (χ2v) is 5.12. The van der Waals surface area contributed by atoms with Crippen LogP contribution in [0.2, 0.25) is 0 Å². The van der Waals surface area contributed by atoms with Crippen LogP contribution in [-0.2, 0) is 9.53 Å². The Labute approximate surface area is 93.4 Å². The predicted octanol–water partition coefficient (Wildman–Crippen LogP) is 3.69. The van der Waals surface area contributed by atoms with Crippen LogP contribution in [0.1, 0.15) is 65.2 Å². The third-order valence-corrected chi connectivity index (χ3v) is 3.39. The smallest absolute Gasteiger partial charge is 0.306 e. The molecule has 0 atom stereocenters. The van der Waals surface area contributed by atoms with Crippen molar-refractivity contribution < 1.29 is 9.53 Å². The summed E-state index contributed by atoms with van der Waals surface area (Å²) >= 11 is 0. The molecule has 1 rings (SSSR count). The molecule has 15 heavy (non-hydrogen) atoms. The van der Waals surface area contributed by atoms with Crippen molar-refractivity contribution in [3.63, 3.8) is 0 Å². The van der Waals surface area contributed by atoms with Crippen LogP contribution in [0.5, 0.6) is 0 Å². The van der Waals surface area contributed by atoms with Crippen LogP contribution in [0.15, 0.2) is 0 Å². The van der Waals surface area contributed by atoms with Gasteiger partial charge < -0.3 is 4.74 Å². The van der Waals surface area contributed by atoms with E-state index in [2.05, 4.69) is 13.8 Å². The summed E-state index contributed by atoms with van der Waals surface area (Å²) in [6, 6.07) is 0. The molecule has 1 fully saturated rings. The van der Waals surface area contributed by atoms with Gasteiger partial charge in [0.2, 0.25) is 0 Å². The van der Waals surface area contributed by atoms with Crippen LogP contribution < -0.4 is 0 Å². The van der Waals surface area contributed by atoms with Crippen LogP contribution in [-0.4, -0.2) is 12.6 Å². The molecule has 1 aliphatic rings. The average molecular weight is 212 g/mol. The highest BCUT2D eigenvalue weighted by Gasteiger charge is 2.29. The molecule has 2 heteroatoms. The van der Waals surface area contributed by atoms with E-state index in [-0.39, 0.29) is 11.4 Å². The lowest BCUT2D eigenvalue weighted by atomic mass is 9.73. The molecule has 88 valence electrons. The minimum Gasteiger partial charge on any atom is -0.466 e. The third-order valence-electron chi connectivity index (χ3n) is 3.39. The van der Waals surface area contributed by atoms with E-state index >= 15 is 0 Å². The Balaban J connectivity index is 2.23. The first-order chi connectivity index (χ1) is 7.16. The fraction of sp³-hybridized carbons (Fsp3) is 0.923. The molecule has 1 aliphatic carbocycles. The molecule has 0 aliphatic heterocycles. The quantitative estimate of drug-likeness (QED) is 0.513. The Kier molecular flexibility index (Phi) is 5.13. The van der Waals surface area contributed by atoms with E-state index in [1.807, 2.05) is 0 Å². The predicted molar refractivity (Wildman–Crippen MR) is 61.7 cm³/mol. The van der Waals surface area contributed by atoms with Gasteiger partial charge in [0.25, 0.3) is 0 Å². The highest BCUT2D eigenvalue weighted by atomic mass is 16.5. The lowest BCUT2D eigenvalue weighted by Gasteiger charge is -2.32. The van der Waals surface area contributed by atoms with Gasteiger partial charge in [0, 0.05) is 0 Å². The zero-order chi connectivity index (χ0) is 11.1. The van der Waals surface area contributed by atoms with Gasteiger partial charge in [-0.25, -0.2) is 0 Å². The molecule has 1 saturated carbocycles. The zero-order valence-corrected chi connectivity index (χ0v) is 10.2. The van der Waals surface area contributed by atoms with Crippen LogP contribution in [0.25, 0.3) is 0 Å². The van der Waals surface area contributed by atoms with Crippen molar-refractivity contribution in [1.29, 1.82) is 0 Å². The Morgan fingerprint density at radius 3 is 2.53 bits per heavy atom. The number of carbonyl (C=O) groups excluding carboxylic acids is 1. The van der Waals surface area contributed by atoms with Crippen LogP contribution in [0, 0.1) is 5.41 Å². The molecule has 2 nitrogen and oxygen atoms in total. The normalized spacial score (nSPS) is 19.9. The van der Waals surface area contributed by atoms with E-state index in [1.165, 1.54) is 32.1 Å². The van der Waals surface area contributed by atoms with E-state index < -0.39 is 0 Å². The summed E-state index contributed by atoms with van der Waals surface area (Å²) in [6.45, 7) is 4.94. The van der Waals surface area contributed by atoms with Crippen molar-refractivity contribution in [1.82, 2.24) is 0 Å². The maximum atomic E-state index is 11.6. The minimum absolute atomic E-state index is 0.00727. The summed E-state index contributed by atoms with van der Waals surface area (Å²) in [5.74, 6) is 0.00727. The Hall–Kier alpha value is -0.530. The van der Waals surface area contributed by atoms with Crippen molar-refractivity contribution in [2.45, 2.75) is 65.2 Å². The number of unbranched alkanes of at least 4 members (excludes halogenated alkanes) is 1. The molecule has 0 heterocycles. The summed E-state index contributed by atoms with van der Waals surface area (Å²) in [7, 11) is 0. The summed E-state index contributed by atoms with van der Waals surface area (Å²) in [4.78, 5) is 11.6. The third kappa shape index (κ3) is 4.67. The second-order valence-electron chi connectivity index (χ2n) is 5.12. The van der Waals surface area contributed by atoms with E-state index in [0.29, 0.717) is 13.0 Å². The average Bonchev–Trinajstić information content (AvgIpc) is 2.18. The molecule has 0 N–H and O–H groups in total. The van der Waals surface area contributed by atoms with Gasteiger partial charge in [-0.1, -0.05) is 39.5 Å². The summed E-state index contributed by atoms with van der Waals surface area (Å²) < 4.78 is 5.21. The van der Waals surface area contributed by atoms with Gasteiger partial charge in [0.1, 0.15) is 0 Å². The molecular weight excluding hydrogens is 188 g/mol. The maximum Gasteiger partial charge on any atom is 0.306 e. The number of carbonyl (C=O) groups is 1. The highest BCUT2D eigenvalue weighted by Crippen LogP contribution is 2.38. The van der Waals surface area contributed by atoms with Gasteiger partial charge in [-0.2, -0.15) is 0 Å². The molecule has 0 spiro atoms. The first-order valence-corrected chi connectivity index (χ1v) is 6.32. The molecule has 0 saturated heterocycles. The number of rotatable bonds is 5. The number of ether oxygens (including phenoxy) is 1. The fourth-order valence-corrected chi connectivity index (χ4v) is 2.31. The molecular formula is C13H24O2. The van der Waals surface area contributed by atoms with Crippen molar-refractivity contribution in [3.05, 3.63) is 0 Å². The van der Waals surface area contributed by atoms with Gasteiger partial charge >= 0.3 is 5.97 Å². The van der Waals surface area contributed by atoms with E-state index in [9.17, 15) is 4.79 Å². The minimum atomic E-state index is 0.00727.